The van der Waals surface area contributed by atoms with Gasteiger partial charge in [-0.25, -0.2) is 19.9 Å². The summed E-state index contributed by atoms with van der Waals surface area (Å²) in [6.45, 7) is 0. The van der Waals surface area contributed by atoms with Gasteiger partial charge in [0, 0.05) is 24.8 Å². The summed E-state index contributed by atoms with van der Waals surface area (Å²) < 4.78 is 5.60. The van der Waals surface area contributed by atoms with E-state index in [9.17, 15) is 4.79 Å². The highest BCUT2D eigenvalue weighted by atomic mass is 16.5. The molecule has 0 saturated carbocycles. The fourth-order valence-corrected chi connectivity index (χ4v) is 2.87. The van der Waals surface area contributed by atoms with Crippen LogP contribution in [0.3, 0.4) is 0 Å². The first-order chi connectivity index (χ1) is 15.2. The highest BCUT2D eigenvalue weighted by Crippen LogP contribution is 2.36. The van der Waals surface area contributed by atoms with Crippen molar-refractivity contribution >= 4 is 29.2 Å². The molecule has 10 nitrogen and oxygen atoms in total. The number of methoxy groups -OCH3 is 1. The standard InChI is InChI=1S/C21H18N8O2/c1-31-17-13(19-24-10-5-11-25-19)6-4-7-15(17)27-20-14(18(22)30)12-26-21(29-20)28-16-8-2-3-9-23-16/h2-12H,1H3,(H2,22,30)(H2,23,26,27,28,29). The Morgan fingerprint density at radius 3 is 2.45 bits per heavy atom. The van der Waals surface area contributed by atoms with Crippen LogP contribution in [0.15, 0.2) is 67.3 Å². The largest absolute Gasteiger partial charge is 0.494 e. The number of ether oxygens (including phenoxy) is 1. The van der Waals surface area contributed by atoms with Crippen molar-refractivity contribution in [2.45, 2.75) is 0 Å². The normalized spacial score (nSPS) is 10.4. The number of para-hydroxylation sites is 1. The molecule has 1 amide bonds. The molecule has 0 spiro atoms. The molecular formula is C21H18N8O2. The zero-order valence-corrected chi connectivity index (χ0v) is 16.5. The fourth-order valence-electron chi connectivity index (χ4n) is 2.87. The van der Waals surface area contributed by atoms with Crippen molar-refractivity contribution in [2.75, 3.05) is 17.7 Å². The summed E-state index contributed by atoms with van der Waals surface area (Å²) in [5.41, 5.74) is 6.87. The molecule has 0 fully saturated rings. The molecular weight excluding hydrogens is 396 g/mol. The second-order valence-electron chi connectivity index (χ2n) is 6.24. The van der Waals surface area contributed by atoms with Crippen molar-refractivity contribution in [1.82, 2.24) is 24.9 Å². The van der Waals surface area contributed by atoms with Gasteiger partial charge in [-0.05, 0) is 30.3 Å². The zero-order chi connectivity index (χ0) is 21.6. The minimum Gasteiger partial charge on any atom is -0.494 e. The highest BCUT2D eigenvalue weighted by molar-refractivity contribution is 5.98. The molecule has 0 aliphatic heterocycles. The van der Waals surface area contributed by atoms with Crippen LogP contribution in [0.1, 0.15) is 10.4 Å². The van der Waals surface area contributed by atoms with Gasteiger partial charge in [0.1, 0.15) is 17.2 Å². The second kappa shape index (κ2) is 8.82. The number of pyridine rings is 1. The number of hydrogen-bond acceptors (Lipinski definition) is 9. The van der Waals surface area contributed by atoms with Crippen molar-refractivity contribution in [1.29, 1.82) is 0 Å². The van der Waals surface area contributed by atoms with Crippen LogP contribution >= 0.6 is 0 Å². The average molecular weight is 414 g/mol. The lowest BCUT2D eigenvalue weighted by molar-refractivity contribution is 0.100. The van der Waals surface area contributed by atoms with Crippen LogP contribution < -0.4 is 21.1 Å². The Bertz CT molecular complexity index is 1200. The third-order valence-electron chi connectivity index (χ3n) is 4.24. The van der Waals surface area contributed by atoms with E-state index in [0.29, 0.717) is 28.6 Å². The Morgan fingerprint density at radius 2 is 1.74 bits per heavy atom. The molecule has 0 aliphatic carbocycles. The maximum absolute atomic E-state index is 11.9. The number of amides is 1. The van der Waals surface area contributed by atoms with Crippen molar-refractivity contribution < 1.29 is 9.53 Å². The number of nitrogens with two attached hydrogens (primary N) is 1. The van der Waals surface area contributed by atoms with Gasteiger partial charge in [-0.15, -0.1) is 0 Å². The number of nitrogens with one attached hydrogen (secondary N) is 2. The summed E-state index contributed by atoms with van der Waals surface area (Å²) in [7, 11) is 1.54. The fraction of sp³-hybridized carbons (Fsp3) is 0.0476. The maximum Gasteiger partial charge on any atom is 0.254 e. The lowest BCUT2D eigenvalue weighted by Crippen LogP contribution is -2.16. The molecule has 4 aromatic rings. The Labute approximate surface area is 177 Å². The Balaban J connectivity index is 1.73. The Kier molecular flexibility index (Phi) is 5.61. The van der Waals surface area contributed by atoms with Crippen molar-refractivity contribution in [2.24, 2.45) is 5.73 Å². The van der Waals surface area contributed by atoms with Gasteiger partial charge in [0.2, 0.25) is 5.95 Å². The predicted molar refractivity (Wildman–Crippen MR) is 115 cm³/mol. The van der Waals surface area contributed by atoms with E-state index in [1.165, 1.54) is 13.3 Å². The van der Waals surface area contributed by atoms with Gasteiger partial charge in [0.05, 0.1) is 18.4 Å². The van der Waals surface area contributed by atoms with E-state index >= 15 is 0 Å². The lowest BCUT2D eigenvalue weighted by atomic mass is 10.1. The van der Waals surface area contributed by atoms with Crippen LogP contribution in [0.5, 0.6) is 5.75 Å². The van der Waals surface area contributed by atoms with Gasteiger partial charge >= 0.3 is 0 Å². The summed E-state index contributed by atoms with van der Waals surface area (Å²) in [6, 6.07) is 12.6. The Morgan fingerprint density at radius 1 is 0.935 bits per heavy atom. The van der Waals surface area contributed by atoms with E-state index in [-0.39, 0.29) is 17.3 Å². The van der Waals surface area contributed by atoms with E-state index in [2.05, 4.69) is 35.6 Å². The van der Waals surface area contributed by atoms with Crippen LogP contribution in [0.4, 0.5) is 23.3 Å². The second-order valence-corrected chi connectivity index (χ2v) is 6.24. The summed E-state index contributed by atoms with van der Waals surface area (Å²) in [5, 5.41) is 6.10. The van der Waals surface area contributed by atoms with Gasteiger partial charge in [0.15, 0.2) is 11.6 Å². The number of rotatable bonds is 7. The van der Waals surface area contributed by atoms with Crippen molar-refractivity contribution in [3.05, 3.63) is 72.8 Å². The molecule has 0 aliphatic rings. The lowest BCUT2D eigenvalue weighted by Gasteiger charge is -2.16. The van der Waals surface area contributed by atoms with E-state index < -0.39 is 5.91 Å². The summed E-state index contributed by atoms with van der Waals surface area (Å²) >= 11 is 0. The van der Waals surface area contributed by atoms with Gasteiger partial charge in [-0.2, -0.15) is 4.98 Å². The van der Waals surface area contributed by atoms with Gasteiger partial charge in [0.25, 0.3) is 5.91 Å². The first kappa shape index (κ1) is 19.7. The summed E-state index contributed by atoms with van der Waals surface area (Å²) in [5.74, 6) is 1.33. The number of anilines is 4. The van der Waals surface area contributed by atoms with Crippen LogP contribution in [-0.4, -0.2) is 37.9 Å². The molecule has 0 radical (unpaired) electrons. The van der Waals surface area contributed by atoms with Gasteiger partial charge in [-0.1, -0.05) is 12.1 Å². The maximum atomic E-state index is 11.9. The molecule has 3 aromatic heterocycles. The number of hydrogen-bond donors (Lipinski definition) is 3. The minimum absolute atomic E-state index is 0.120. The quantitative estimate of drug-likeness (QED) is 0.416. The van der Waals surface area contributed by atoms with E-state index in [0.717, 1.165) is 0 Å². The molecule has 4 N–H and O–H groups in total. The molecule has 31 heavy (non-hydrogen) atoms. The number of aromatic nitrogens is 5. The van der Waals surface area contributed by atoms with E-state index in [4.69, 9.17) is 10.5 Å². The molecule has 0 saturated heterocycles. The molecule has 4 rings (SSSR count). The molecule has 3 heterocycles. The topological polar surface area (TPSA) is 141 Å². The van der Waals surface area contributed by atoms with Crippen LogP contribution in [0.2, 0.25) is 0 Å². The average Bonchev–Trinajstić information content (AvgIpc) is 2.80. The number of carbonyl (C=O) groups excluding carboxylic acids is 1. The number of nitrogens with zero attached hydrogens (tertiary/aromatic N) is 5. The molecule has 0 atom stereocenters. The molecule has 10 heteroatoms. The molecule has 154 valence electrons. The third kappa shape index (κ3) is 4.37. The van der Waals surface area contributed by atoms with Crippen LogP contribution in [0, 0.1) is 0 Å². The predicted octanol–water partition coefficient (Wildman–Crippen LogP) is 2.92. The van der Waals surface area contributed by atoms with E-state index in [1.54, 1.807) is 42.9 Å². The number of benzene rings is 1. The molecule has 1 aromatic carbocycles. The molecule has 0 bridgehead atoms. The first-order valence-corrected chi connectivity index (χ1v) is 9.22. The zero-order valence-electron chi connectivity index (χ0n) is 16.5. The minimum atomic E-state index is -0.673. The van der Waals surface area contributed by atoms with Crippen molar-refractivity contribution in [3.63, 3.8) is 0 Å². The van der Waals surface area contributed by atoms with Gasteiger partial charge in [-0.3, -0.25) is 4.79 Å². The Hall–Kier alpha value is -4.60. The summed E-state index contributed by atoms with van der Waals surface area (Å²) in [6.07, 6.45) is 6.28. The van der Waals surface area contributed by atoms with Gasteiger partial charge < -0.3 is 21.1 Å². The monoisotopic (exact) mass is 414 g/mol. The van der Waals surface area contributed by atoms with Crippen molar-refractivity contribution in [3.8, 4) is 17.1 Å². The highest BCUT2D eigenvalue weighted by Gasteiger charge is 2.17. The number of primary amides is 1. The SMILES string of the molecule is COc1c(Nc2nc(Nc3ccccn3)ncc2C(N)=O)cccc1-c1ncccn1. The third-order valence-corrected chi connectivity index (χ3v) is 4.24. The molecule has 0 unspecified atom stereocenters. The first-order valence-electron chi connectivity index (χ1n) is 9.22. The van der Waals surface area contributed by atoms with Crippen LogP contribution in [-0.2, 0) is 0 Å². The summed E-state index contributed by atoms with van der Waals surface area (Å²) in [4.78, 5) is 33.2. The van der Waals surface area contributed by atoms with Crippen LogP contribution in [0.25, 0.3) is 11.4 Å². The smallest absolute Gasteiger partial charge is 0.254 e. The van der Waals surface area contributed by atoms with E-state index in [1.807, 2.05) is 18.2 Å². The number of carbonyl (C=O) groups is 1.